The smallest absolute Gasteiger partial charge is 0.0762 e. The molecule has 0 N–H and O–H groups in total. The molecule has 2 atom stereocenters. The van der Waals surface area contributed by atoms with Gasteiger partial charge in [0.05, 0.1) is 18.1 Å². The van der Waals surface area contributed by atoms with E-state index in [1.54, 1.807) is 0 Å². The van der Waals surface area contributed by atoms with Gasteiger partial charge in [-0.2, -0.15) is 5.26 Å². The second kappa shape index (κ2) is 4.31. The van der Waals surface area contributed by atoms with Crippen LogP contribution >= 0.6 is 0 Å². The molecule has 0 aromatic carbocycles. The van der Waals surface area contributed by atoms with Gasteiger partial charge < -0.3 is 4.74 Å². The van der Waals surface area contributed by atoms with Crippen molar-refractivity contribution in [3.8, 4) is 6.07 Å². The van der Waals surface area contributed by atoms with E-state index in [1.165, 1.54) is 25.7 Å². The molecule has 0 aromatic rings. The van der Waals surface area contributed by atoms with Gasteiger partial charge in [-0.05, 0) is 31.1 Å². The third-order valence-electron chi connectivity index (χ3n) is 3.83. The molecule has 2 aliphatic rings. The molecule has 2 rings (SSSR count). The molecular weight excluding hydrogens is 174 g/mol. The summed E-state index contributed by atoms with van der Waals surface area (Å²) in [7, 11) is 0. The molecule has 0 spiro atoms. The Hall–Kier alpha value is -0.550. The summed E-state index contributed by atoms with van der Waals surface area (Å²) in [6.45, 7) is 3.13. The van der Waals surface area contributed by atoms with Gasteiger partial charge in [-0.3, -0.25) is 0 Å². The zero-order chi connectivity index (χ0) is 9.97. The first-order chi connectivity index (χ1) is 6.81. The van der Waals surface area contributed by atoms with Crippen molar-refractivity contribution in [2.45, 2.75) is 45.1 Å². The highest BCUT2D eigenvalue weighted by Crippen LogP contribution is 2.37. The molecule has 0 radical (unpaired) electrons. The van der Waals surface area contributed by atoms with E-state index in [-0.39, 0.29) is 12.0 Å². The van der Waals surface area contributed by atoms with Crippen LogP contribution in [0.5, 0.6) is 0 Å². The molecule has 1 saturated heterocycles. The van der Waals surface area contributed by atoms with Crippen LogP contribution in [0.15, 0.2) is 0 Å². The van der Waals surface area contributed by atoms with Gasteiger partial charge in [-0.1, -0.05) is 19.8 Å². The molecule has 2 fully saturated rings. The van der Waals surface area contributed by atoms with Gasteiger partial charge in [0.25, 0.3) is 0 Å². The summed E-state index contributed by atoms with van der Waals surface area (Å²) in [6.07, 6.45) is 6.39. The zero-order valence-corrected chi connectivity index (χ0v) is 8.91. The van der Waals surface area contributed by atoms with Gasteiger partial charge in [0.1, 0.15) is 0 Å². The third-order valence-corrected chi connectivity index (χ3v) is 3.83. The van der Waals surface area contributed by atoms with E-state index >= 15 is 0 Å². The Labute approximate surface area is 86.2 Å². The van der Waals surface area contributed by atoms with Crippen LogP contribution in [-0.2, 0) is 4.74 Å². The first-order valence-corrected chi connectivity index (χ1v) is 5.82. The lowest BCUT2D eigenvalue weighted by molar-refractivity contribution is 0.0306. The molecule has 0 aromatic heterocycles. The minimum absolute atomic E-state index is 0.174. The van der Waals surface area contributed by atoms with Crippen molar-refractivity contribution in [3.05, 3.63) is 0 Å². The Kier molecular flexibility index (Phi) is 3.08. The Balaban J connectivity index is 1.92. The fourth-order valence-electron chi connectivity index (χ4n) is 2.83. The molecule has 2 heteroatoms. The van der Waals surface area contributed by atoms with Crippen LogP contribution < -0.4 is 0 Å². The second-order valence-electron chi connectivity index (χ2n) is 4.88. The topological polar surface area (TPSA) is 33.0 Å². The highest BCUT2D eigenvalue weighted by Gasteiger charge is 2.36. The Bertz CT molecular complexity index is 225. The Morgan fingerprint density at radius 2 is 1.86 bits per heavy atom. The molecule has 2 nitrogen and oxygen atoms in total. The molecule has 1 aliphatic carbocycles. The van der Waals surface area contributed by atoms with Crippen LogP contribution in [0.4, 0.5) is 0 Å². The van der Waals surface area contributed by atoms with E-state index in [9.17, 15) is 0 Å². The standard InChI is InChI=1S/C12H19NO/c1-9-2-4-10(5-3-9)12-11(8-13)6-7-14-12/h9-12H,2-7H2,1H3. The van der Waals surface area contributed by atoms with Crippen molar-refractivity contribution in [2.75, 3.05) is 6.61 Å². The third kappa shape index (κ3) is 1.93. The SMILES string of the molecule is CC1CCC(C2OCCC2C#N)CC1. The normalized spacial score (nSPS) is 43.4. The van der Waals surface area contributed by atoms with Crippen molar-refractivity contribution >= 4 is 0 Å². The first-order valence-electron chi connectivity index (χ1n) is 5.82. The minimum Gasteiger partial charge on any atom is -0.377 e. The summed E-state index contributed by atoms with van der Waals surface area (Å²) >= 11 is 0. The number of nitrogens with zero attached hydrogens (tertiary/aromatic N) is 1. The maximum absolute atomic E-state index is 8.99. The second-order valence-corrected chi connectivity index (χ2v) is 4.88. The molecule has 78 valence electrons. The van der Waals surface area contributed by atoms with E-state index in [2.05, 4.69) is 13.0 Å². The van der Waals surface area contributed by atoms with Crippen LogP contribution in [-0.4, -0.2) is 12.7 Å². The van der Waals surface area contributed by atoms with Crippen molar-refractivity contribution < 1.29 is 4.74 Å². The summed E-state index contributed by atoms with van der Waals surface area (Å²) in [5.41, 5.74) is 0. The lowest BCUT2D eigenvalue weighted by Crippen LogP contribution is -2.29. The van der Waals surface area contributed by atoms with E-state index in [0.717, 1.165) is 18.9 Å². The van der Waals surface area contributed by atoms with Gasteiger partial charge in [-0.15, -0.1) is 0 Å². The summed E-state index contributed by atoms with van der Waals surface area (Å²) in [4.78, 5) is 0. The first kappa shape index (κ1) is 9.98. The molecule has 0 bridgehead atoms. The summed E-state index contributed by atoms with van der Waals surface area (Å²) < 4.78 is 5.71. The van der Waals surface area contributed by atoms with Gasteiger partial charge in [-0.25, -0.2) is 0 Å². The highest BCUT2D eigenvalue weighted by atomic mass is 16.5. The molecule has 2 unspecified atom stereocenters. The lowest BCUT2D eigenvalue weighted by atomic mass is 9.77. The number of hydrogen-bond acceptors (Lipinski definition) is 2. The van der Waals surface area contributed by atoms with Crippen LogP contribution in [0.2, 0.25) is 0 Å². The van der Waals surface area contributed by atoms with Crippen molar-refractivity contribution in [3.63, 3.8) is 0 Å². The molecule has 14 heavy (non-hydrogen) atoms. The predicted octanol–water partition coefficient (Wildman–Crippen LogP) is 2.74. The monoisotopic (exact) mass is 193 g/mol. The Morgan fingerprint density at radius 3 is 2.50 bits per heavy atom. The molecule has 0 amide bonds. The largest absolute Gasteiger partial charge is 0.377 e. The van der Waals surface area contributed by atoms with Gasteiger partial charge in [0, 0.05) is 6.61 Å². The van der Waals surface area contributed by atoms with Gasteiger partial charge >= 0.3 is 0 Å². The quantitative estimate of drug-likeness (QED) is 0.641. The van der Waals surface area contributed by atoms with Crippen molar-refractivity contribution in [2.24, 2.45) is 17.8 Å². The van der Waals surface area contributed by atoms with E-state index < -0.39 is 0 Å². The number of ether oxygens (including phenoxy) is 1. The van der Waals surface area contributed by atoms with Gasteiger partial charge in [0.2, 0.25) is 0 Å². The van der Waals surface area contributed by atoms with Crippen LogP contribution in [0.1, 0.15) is 39.0 Å². The van der Waals surface area contributed by atoms with Crippen molar-refractivity contribution in [1.82, 2.24) is 0 Å². The fraction of sp³-hybridized carbons (Fsp3) is 0.917. The van der Waals surface area contributed by atoms with E-state index in [0.29, 0.717) is 5.92 Å². The zero-order valence-electron chi connectivity index (χ0n) is 8.91. The van der Waals surface area contributed by atoms with Crippen LogP contribution in [0.25, 0.3) is 0 Å². The molecule has 1 aliphatic heterocycles. The summed E-state index contributed by atoms with van der Waals surface area (Å²) in [5, 5.41) is 8.99. The predicted molar refractivity (Wildman–Crippen MR) is 54.6 cm³/mol. The van der Waals surface area contributed by atoms with Crippen molar-refractivity contribution in [1.29, 1.82) is 5.26 Å². The van der Waals surface area contributed by atoms with Gasteiger partial charge in [0.15, 0.2) is 0 Å². The average molecular weight is 193 g/mol. The minimum atomic E-state index is 0.174. The lowest BCUT2D eigenvalue weighted by Gasteiger charge is -2.31. The molecule has 1 saturated carbocycles. The number of nitriles is 1. The van der Waals surface area contributed by atoms with Crippen LogP contribution in [0, 0.1) is 29.1 Å². The number of rotatable bonds is 1. The van der Waals surface area contributed by atoms with E-state index in [4.69, 9.17) is 10.00 Å². The summed E-state index contributed by atoms with van der Waals surface area (Å²) in [6, 6.07) is 2.40. The number of hydrogen-bond donors (Lipinski definition) is 0. The summed E-state index contributed by atoms with van der Waals surface area (Å²) in [5.74, 6) is 1.72. The highest BCUT2D eigenvalue weighted by molar-refractivity contribution is 4.96. The Morgan fingerprint density at radius 1 is 1.14 bits per heavy atom. The fourth-order valence-corrected chi connectivity index (χ4v) is 2.83. The average Bonchev–Trinajstić information content (AvgIpc) is 2.67. The van der Waals surface area contributed by atoms with Crippen LogP contribution in [0.3, 0.4) is 0 Å². The molecular formula is C12H19NO. The van der Waals surface area contributed by atoms with E-state index in [1.807, 2.05) is 0 Å². The maximum atomic E-state index is 8.99. The molecule has 1 heterocycles. The maximum Gasteiger partial charge on any atom is 0.0762 e.